The highest BCUT2D eigenvalue weighted by molar-refractivity contribution is 6.16. The van der Waals surface area contributed by atoms with Crippen molar-refractivity contribution in [2.24, 2.45) is 10.9 Å². The van der Waals surface area contributed by atoms with Gasteiger partial charge < -0.3 is 16.0 Å². The van der Waals surface area contributed by atoms with Crippen LogP contribution in [0.3, 0.4) is 0 Å². The van der Waals surface area contributed by atoms with Gasteiger partial charge in [0, 0.05) is 36.9 Å². The van der Waals surface area contributed by atoms with Crippen molar-refractivity contribution >= 4 is 5.71 Å². The van der Waals surface area contributed by atoms with Gasteiger partial charge in [0.15, 0.2) is 0 Å². The molecule has 0 aromatic carbocycles. The Morgan fingerprint density at radius 2 is 2.26 bits per heavy atom. The molecule has 100 valence electrons. The van der Waals surface area contributed by atoms with Gasteiger partial charge in [0.05, 0.1) is 17.5 Å². The zero-order chi connectivity index (χ0) is 12.8. The largest absolute Gasteiger partial charge is 0.385 e. The number of allylic oxidation sites excluding steroid dienone is 2. The zero-order valence-electron chi connectivity index (χ0n) is 11.2. The molecule has 0 aromatic heterocycles. The Bertz CT molecular complexity index is 522. The lowest BCUT2D eigenvalue weighted by Crippen LogP contribution is -2.56. The van der Waals surface area contributed by atoms with Crippen molar-refractivity contribution in [3.63, 3.8) is 0 Å². The smallest absolute Gasteiger partial charge is 0.0905 e. The summed E-state index contributed by atoms with van der Waals surface area (Å²) in [6.45, 7) is 4.29. The van der Waals surface area contributed by atoms with Gasteiger partial charge in [0.1, 0.15) is 0 Å². The Morgan fingerprint density at radius 1 is 1.37 bits per heavy atom. The van der Waals surface area contributed by atoms with Crippen molar-refractivity contribution in [1.29, 1.82) is 0 Å². The fourth-order valence-corrected chi connectivity index (χ4v) is 3.20. The second-order valence-corrected chi connectivity index (χ2v) is 5.95. The molecule has 0 aromatic rings. The monoisotopic (exact) mass is 256 g/mol. The number of nitrogens with zero attached hydrogens (tertiary/aromatic N) is 1. The van der Waals surface area contributed by atoms with Crippen LogP contribution in [0, 0.1) is 5.92 Å². The molecule has 3 aliphatic heterocycles. The molecular weight excluding hydrogens is 236 g/mol. The number of hydrogen-bond acceptors (Lipinski definition) is 4. The predicted octanol–water partition coefficient (Wildman–Crippen LogP) is 1.06. The minimum Gasteiger partial charge on any atom is -0.385 e. The van der Waals surface area contributed by atoms with E-state index in [-0.39, 0.29) is 0 Å². The average molecular weight is 256 g/mol. The molecule has 0 bridgehead atoms. The van der Waals surface area contributed by atoms with Gasteiger partial charge in [-0.3, -0.25) is 4.99 Å². The minimum absolute atomic E-state index is 0.555. The molecule has 0 amide bonds. The molecule has 0 saturated carbocycles. The topological polar surface area (TPSA) is 48.5 Å². The summed E-state index contributed by atoms with van der Waals surface area (Å²) in [5.41, 5.74) is 5.20. The second-order valence-electron chi connectivity index (χ2n) is 5.95. The van der Waals surface area contributed by atoms with E-state index in [0.717, 1.165) is 25.9 Å². The van der Waals surface area contributed by atoms with Crippen LogP contribution in [0.4, 0.5) is 0 Å². The SMILES string of the molecule is CC1=CCC(C2C=C(NC3CNC3)C3=NC=C3C2)N1. The number of hydrogen-bond donors (Lipinski definition) is 3. The maximum absolute atomic E-state index is 4.43. The normalized spacial score (nSPS) is 32.9. The quantitative estimate of drug-likeness (QED) is 0.707. The van der Waals surface area contributed by atoms with Crippen molar-refractivity contribution in [2.75, 3.05) is 13.1 Å². The van der Waals surface area contributed by atoms with Crippen LogP contribution in [-0.4, -0.2) is 30.9 Å². The van der Waals surface area contributed by atoms with Gasteiger partial charge in [0.25, 0.3) is 0 Å². The first kappa shape index (κ1) is 11.3. The first-order valence-corrected chi connectivity index (χ1v) is 7.19. The molecule has 4 aliphatic rings. The van der Waals surface area contributed by atoms with Crippen molar-refractivity contribution < 1.29 is 0 Å². The Kier molecular flexibility index (Phi) is 2.52. The van der Waals surface area contributed by atoms with Crippen molar-refractivity contribution in [3.8, 4) is 0 Å². The molecule has 19 heavy (non-hydrogen) atoms. The first-order chi connectivity index (χ1) is 9.29. The van der Waals surface area contributed by atoms with Crippen LogP contribution in [0.15, 0.2) is 40.3 Å². The fraction of sp³-hybridized carbons (Fsp3) is 0.533. The first-order valence-electron chi connectivity index (χ1n) is 7.19. The Labute approximate surface area is 113 Å². The number of nitrogens with one attached hydrogen (secondary N) is 3. The van der Waals surface area contributed by atoms with E-state index in [9.17, 15) is 0 Å². The molecule has 3 N–H and O–H groups in total. The van der Waals surface area contributed by atoms with Crippen molar-refractivity contribution in [2.45, 2.75) is 31.8 Å². The van der Waals surface area contributed by atoms with E-state index in [1.54, 1.807) is 0 Å². The highest BCUT2D eigenvalue weighted by atomic mass is 15.1. The third-order valence-electron chi connectivity index (χ3n) is 4.49. The molecule has 1 fully saturated rings. The van der Waals surface area contributed by atoms with Crippen LogP contribution < -0.4 is 16.0 Å². The van der Waals surface area contributed by atoms with Gasteiger partial charge in [0.2, 0.25) is 0 Å². The van der Waals surface area contributed by atoms with Crippen LogP contribution in [0.25, 0.3) is 0 Å². The molecule has 1 aliphatic carbocycles. The molecule has 3 heterocycles. The summed E-state index contributed by atoms with van der Waals surface area (Å²) in [6, 6.07) is 1.13. The van der Waals surface area contributed by atoms with Gasteiger partial charge in [-0.25, -0.2) is 0 Å². The van der Waals surface area contributed by atoms with E-state index in [2.05, 4.69) is 40.0 Å². The molecule has 2 unspecified atom stereocenters. The predicted molar refractivity (Wildman–Crippen MR) is 76.8 cm³/mol. The lowest BCUT2D eigenvalue weighted by molar-refractivity contribution is 0.391. The highest BCUT2D eigenvalue weighted by Crippen LogP contribution is 2.34. The summed E-state index contributed by atoms with van der Waals surface area (Å²) in [5, 5.41) is 10.5. The van der Waals surface area contributed by atoms with Gasteiger partial charge in [-0.2, -0.15) is 0 Å². The summed E-state index contributed by atoms with van der Waals surface area (Å²) in [6.07, 6.45) is 9.01. The Hall–Kier alpha value is -1.55. The molecule has 0 radical (unpaired) electrons. The van der Waals surface area contributed by atoms with Gasteiger partial charge in [-0.1, -0.05) is 12.2 Å². The van der Waals surface area contributed by atoms with Crippen LogP contribution in [0.2, 0.25) is 0 Å². The minimum atomic E-state index is 0.555. The molecular formula is C15H20N4. The second kappa shape index (κ2) is 4.23. The highest BCUT2D eigenvalue weighted by Gasteiger charge is 2.33. The van der Waals surface area contributed by atoms with Crippen molar-refractivity contribution in [1.82, 2.24) is 16.0 Å². The summed E-state index contributed by atoms with van der Waals surface area (Å²) < 4.78 is 0. The van der Waals surface area contributed by atoms with E-state index < -0.39 is 0 Å². The van der Waals surface area contributed by atoms with Gasteiger partial charge in [-0.15, -0.1) is 0 Å². The molecule has 4 heteroatoms. The average Bonchev–Trinajstić information content (AvgIpc) is 2.72. The maximum Gasteiger partial charge on any atom is 0.0905 e. The van der Waals surface area contributed by atoms with E-state index >= 15 is 0 Å². The van der Waals surface area contributed by atoms with Crippen molar-refractivity contribution in [3.05, 3.63) is 35.3 Å². The standard InChI is InChI=1S/C15H20N4/c1-9-2-3-13(18-9)10-4-11-6-17-15(11)14(5-10)19-12-7-16-8-12/h2,5-6,10,12-13,16,18-19H,3-4,7-8H2,1H3. The molecule has 1 saturated heterocycles. The fourth-order valence-electron chi connectivity index (χ4n) is 3.20. The summed E-state index contributed by atoms with van der Waals surface area (Å²) in [5.74, 6) is 0.578. The van der Waals surface area contributed by atoms with E-state index in [4.69, 9.17) is 0 Å². The summed E-state index contributed by atoms with van der Waals surface area (Å²) in [7, 11) is 0. The number of fused-ring (bicyclic) bond motifs is 1. The molecule has 0 spiro atoms. The molecule has 2 atom stereocenters. The molecule has 4 nitrogen and oxygen atoms in total. The van der Waals surface area contributed by atoms with E-state index in [1.165, 1.54) is 22.7 Å². The Morgan fingerprint density at radius 3 is 2.84 bits per heavy atom. The number of rotatable bonds is 3. The van der Waals surface area contributed by atoms with Gasteiger partial charge >= 0.3 is 0 Å². The zero-order valence-corrected chi connectivity index (χ0v) is 11.2. The van der Waals surface area contributed by atoms with Crippen LogP contribution in [0.5, 0.6) is 0 Å². The third kappa shape index (κ3) is 1.91. The van der Waals surface area contributed by atoms with Crippen LogP contribution >= 0.6 is 0 Å². The van der Waals surface area contributed by atoms with Crippen LogP contribution in [0.1, 0.15) is 19.8 Å². The lowest BCUT2D eigenvalue weighted by atomic mass is 9.81. The summed E-state index contributed by atoms with van der Waals surface area (Å²) >= 11 is 0. The summed E-state index contributed by atoms with van der Waals surface area (Å²) in [4.78, 5) is 4.43. The van der Waals surface area contributed by atoms with Crippen LogP contribution in [-0.2, 0) is 0 Å². The Balaban J connectivity index is 1.52. The third-order valence-corrected chi connectivity index (χ3v) is 4.49. The van der Waals surface area contributed by atoms with E-state index in [1.807, 2.05) is 6.20 Å². The molecule has 4 rings (SSSR count). The number of aliphatic imine (C=N–C) groups is 1. The lowest BCUT2D eigenvalue weighted by Gasteiger charge is -2.36. The van der Waals surface area contributed by atoms with Gasteiger partial charge in [-0.05, 0) is 25.3 Å². The maximum atomic E-state index is 4.43. The van der Waals surface area contributed by atoms with E-state index in [0.29, 0.717) is 18.0 Å².